The molecular formula is C18H27N3O3S. The fourth-order valence-corrected chi connectivity index (χ4v) is 5.17. The molecule has 0 bridgehead atoms. The monoisotopic (exact) mass is 365 g/mol. The summed E-state index contributed by atoms with van der Waals surface area (Å²) in [5.41, 5.74) is 0.444. The Hall–Kier alpha value is -1.44. The van der Waals surface area contributed by atoms with Gasteiger partial charge in [-0.3, -0.25) is 4.79 Å². The second-order valence-electron chi connectivity index (χ2n) is 6.89. The Labute approximate surface area is 150 Å². The number of rotatable bonds is 4. The van der Waals surface area contributed by atoms with Gasteiger partial charge in [-0.1, -0.05) is 12.5 Å². The van der Waals surface area contributed by atoms with Gasteiger partial charge in [0, 0.05) is 31.7 Å². The van der Waals surface area contributed by atoms with Crippen molar-refractivity contribution in [2.24, 2.45) is 0 Å². The van der Waals surface area contributed by atoms with Crippen molar-refractivity contribution < 1.29 is 13.2 Å². The maximum Gasteiger partial charge on any atom is 0.253 e. The number of piperidine rings is 2. The maximum atomic E-state index is 12.8. The van der Waals surface area contributed by atoms with Crippen LogP contribution in [0.25, 0.3) is 0 Å². The number of carbonyl (C=O) groups excluding carboxylic acids is 1. The Morgan fingerprint density at radius 3 is 2.52 bits per heavy atom. The molecule has 0 saturated carbocycles. The minimum atomic E-state index is -3.52. The molecule has 6 nitrogen and oxygen atoms in total. The van der Waals surface area contributed by atoms with Gasteiger partial charge in [0.25, 0.3) is 5.91 Å². The third-order valence-electron chi connectivity index (χ3n) is 5.21. The molecule has 0 aliphatic carbocycles. The van der Waals surface area contributed by atoms with Crippen molar-refractivity contribution in [1.29, 1.82) is 0 Å². The number of carbonyl (C=O) groups is 1. The highest BCUT2D eigenvalue weighted by molar-refractivity contribution is 7.89. The van der Waals surface area contributed by atoms with Gasteiger partial charge in [-0.05, 0) is 57.0 Å². The molecular weight excluding hydrogens is 338 g/mol. The predicted molar refractivity (Wildman–Crippen MR) is 97.0 cm³/mol. The van der Waals surface area contributed by atoms with Crippen LogP contribution in [0.3, 0.4) is 0 Å². The molecule has 0 aromatic heterocycles. The molecule has 0 atom stereocenters. The Bertz CT molecular complexity index is 708. The lowest BCUT2D eigenvalue weighted by molar-refractivity contribution is 0.0703. The second kappa shape index (κ2) is 7.85. The lowest BCUT2D eigenvalue weighted by Crippen LogP contribution is -2.44. The molecule has 1 aromatic rings. The van der Waals surface area contributed by atoms with Crippen LogP contribution in [-0.2, 0) is 10.0 Å². The molecule has 0 radical (unpaired) electrons. The minimum Gasteiger partial charge on any atom is -0.339 e. The molecule has 1 amide bonds. The van der Waals surface area contributed by atoms with E-state index >= 15 is 0 Å². The standard InChI is InChI=1S/C18H27N3O3S/c1-20(16-8-10-19-11-9-16)18(22)15-6-5-7-17(14-15)25(23,24)21-12-3-2-4-13-21/h5-7,14,16,19H,2-4,8-13H2,1H3. The lowest BCUT2D eigenvalue weighted by atomic mass is 10.0. The van der Waals surface area contributed by atoms with Crippen LogP contribution in [0.15, 0.2) is 29.2 Å². The highest BCUT2D eigenvalue weighted by atomic mass is 32.2. The van der Waals surface area contributed by atoms with E-state index in [0.29, 0.717) is 18.7 Å². The molecule has 0 unspecified atom stereocenters. The van der Waals surface area contributed by atoms with Crippen LogP contribution in [0.4, 0.5) is 0 Å². The van der Waals surface area contributed by atoms with Crippen molar-refractivity contribution in [3.63, 3.8) is 0 Å². The number of benzene rings is 1. The number of nitrogens with zero attached hydrogens (tertiary/aromatic N) is 2. The molecule has 7 heteroatoms. The largest absolute Gasteiger partial charge is 0.339 e. The molecule has 2 fully saturated rings. The topological polar surface area (TPSA) is 69.7 Å². The first-order valence-electron chi connectivity index (χ1n) is 9.08. The summed E-state index contributed by atoms with van der Waals surface area (Å²) in [5.74, 6) is -0.109. The Morgan fingerprint density at radius 1 is 1.16 bits per heavy atom. The normalized spacial score (nSPS) is 20.4. The van der Waals surface area contributed by atoms with Gasteiger partial charge in [0.1, 0.15) is 0 Å². The average molecular weight is 365 g/mol. The first-order valence-corrected chi connectivity index (χ1v) is 10.5. The summed E-state index contributed by atoms with van der Waals surface area (Å²) in [4.78, 5) is 14.8. The zero-order valence-electron chi connectivity index (χ0n) is 14.8. The fraction of sp³-hybridized carbons (Fsp3) is 0.611. The molecule has 1 aromatic carbocycles. The van der Waals surface area contributed by atoms with Crippen LogP contribution in [0.1, 0.15) is 42.5 Å². The maximum absolute atomic E-state index is 12.8. The van der Waals surface area contributed by atoms with Gasteiger partial charge in [-0.15, -0.1) is 0 Å². The summed E-state index contributed by atoms with van der Waals surface area (Å²) in [6.45, 7) is 2.95. The van der Waals surface area contributed by atoms with E-state index in [0.717, 1.165) is 45.2 Å². The number of hydrogen-bond donors (Lipinski definition) is 1. The fourth-order valence-electron chi connectivity index (χ4n) is 3.61. The average Bonchev–Trinajstić information content (AvgIpc) is 2.68. The van der Waals surface area contributed by atoms with Crippen molar-refractivity contribution in [1.82, 2.24) is 14.5 Å². The minimum absolute atomic E-state index is 0.109. The van der Waals surface area contributed by atoms with Gasteiger partial charge in [0.15, 0.2) is 0 Å². The van der Waals surface area contributed by atoms with Gasteiger partial charge in [-0.25, -0.2) is 8.42 Å². The van der Waals surface area contributed by atoms with E-state index in [4.69, 9.17) is 0 Å². The lowest BCUT2D eigenvalue weighted by Gasteiger charge is -2.32. The molecule has 25 heavy (non-hydrogen) atoms. The number of hydrogen-bond acceptors (Lipinski definition) is 4. The Morgan fingerprint density at radius 2 is 1.84 bits per heavy atom. The van der Waals surface area contributed by atoms with E-state index in [1.54, 1.807) is 23.1 Å². The van der Waals surface area contributed by atoms with Gasteiger partial charge >= 0.3 is 0 Å². The molecule has 0 spiro atoms. The van der Waals surface area contributed by atoms with Gasteiger partial charge in [0.05, 0.1) is 4.90 Å². The van der Waals surface area contributed by atoms with Crippen LogP contribution in [0.2, 0.25) is 0 Å². The van der Waals surface area contributed by atoms with Gasteiger partial charge < -0.3 is 10.2 Å². The third kappa shape index (κ3) is 4.04. The quantitative estimate of drug-likeness (QED) is 0.881. The van der Waals surface area contributed by atoms with Crippen molar-refractivity contribution in [3.05, 3.63) is 29.8 Å². The van der Waals surface area contributed by atoms with Gasteiger partial charge in [-0.2, -0.15) is 4.31 Å². The first kappa shape index (κ1) is 18.4. The van der Waals surface area contributed by atoms with Crippen LogP contribution in [0.5, 0.6) is 0 Å². The highest BCUT2D eigenvalue weighted by Gasteiger charge is 2.28. The molecule has 2 heterocycles. The molecule has 2 aliphatic heterocycles. The number of amides is 1. The van der Waals surface area contributed by atoms with E-state index < -0.39 is 10.0 Å². The SMILES string of the molecule is CN(C(=O)c1cccc(S(=O)(=O)N2CCCCC2)c1)C1CCNCC1. The molecule has 3 rings (SSSR count). The van der Waals surface area contributed by atoms with Crippen molar-refractivity contribution in [3.8, 4) is 0 Å². The zero-order valence-corrected chi connectivity index (χ0v) is 15.6. The van der Waals surface area contributed by atoms with Crippen molar-refractivity contribution in [2.45, 2.75) is 43.0 Å². The van der Waals surface area contributed by atoms with Crippen molar-refractivity contribution >= 4 is 15.9 Å². The third-order valence-corrected chi connectivity index (χ3v) is 7.11. The zero-order chi connectivity index (χ0) is 17.9. The van der Waals surface area contributed by atoms with E-state index in [1.807, 2.05) is 7.05 Å². The van der Waals surface area contributed by atoms with Crippen LogP contribution < -0.4 is 5.32 Å². The number of nitrogens with one attached hydrogen (secondary N) is 1. The van der Waals surface area contributed by atoms with Crippen LogP contribution in [-0.4, -0.2) is 62.8 Å². The summed E-state index contributed by atoms with van der Waals surface area (Å²) in [6.07, 6.45) is 4.72. The van der Waals surface area contributed by atoms with Crippen LogP contribution >= 0.6 is 0 Å². The van der Waals surface area contributed by atoms with E-state index in [1.165, 1.54) is 10.4 Å². The summed E-state index contributed by atoms with van der Waals surface area (Å²) < 4.78 is 27.2. The predicted octanol–water partition coefficient (Wildman–Crippen LogP) is 1.69. The van der Waals surface area contributed by atoms with E-state index in [-0.39, 0.29) is 16.8 Å². The van der Waals surface area contributed by atoms with E-state index in [9.17, 15) is 13.2 Å². The smallest absolute Gasteiger partial charge is 0.253 e. The first-order chi connectivity index (χ1) is 12.0. The summed E-state index contributed by atoms with van der Waals surface area (Å²) in [5, 5.41) is 3.29. The number of sulfonamides is 1. The molecule has 2 saturated heterocycles. The van der Waals surface area contributed by atoms with Crippen molar-refractivity contribution in [2.75, 3.05) is 33.2 Å². The summed E-state index contributed by atoms with van der Waals surface area (Å²) >= 11 is 0. The van der Waals surface area contributed by atoms with E-state index in [2.05, 4.69) is 5.32 Å². The highest BCUT2D eigenvalue weighted by Crippen LogP contribution is 2.22. The summed E-state index contributed by atoms with van der Waals surface area (Å²) in [6, 6.07) is 6.70. The summed E-state index contributed by atoms with van der Waals surface area (Å²) in [7, 11) is -1.71. The molecule has 1 N–H and O–H groups in total. The Kier molecular flexibility index (Phi) is 5.76. The van der Waals surface area contributed by atoms with Crippen LogP contribution in [0, 0.1) is 0 Å². The second-order valence-corrected chi connectivity index (χ2v) is 8.83. The van der Waals surface area contributed by atoms with Gasteiger partial charge in [0.2, 0.25) is 10.0 Å². The molecule has 138 valence electrons. The Balaban J connectivity index is 1.79. The molecule has 2 aliphatic rings.